The van der Waals surface area contributed by atoms with Crippen molar-refractivity contribution in [1.29, 1.82) is 0 Å². The van der Waals surface area contributed by atoms with E-state index in [-0.39, 0.29) is 0 Å². The minimum Gasteiger partial charge on any atom is -0.465 e. The molecule has 4 N–H and O–H groups in total. The summed E-state index contributed by atoms with van der Waals surface area (Å²) in [6.07, 6.45) is 4.25. The van der Waals surface area contributed by atoms with Gasteiger partial charge in [-0.25, -0.2) is 0 Å². The molecule has 0 spiro atoms. The second-order valence-electron chi connectivity index (χ2n) is 5.05. The topological polar surface area (TPSA) is 97.4 Å². The molecule has 25 heavy (non-hydrogen) atoms. The van der Waals surface area contributed by atoms with Crippen LogP contribution >= 0.6 is 11.3 Å². The number of amides is 2. The fourth-order valence-electron chi connectivity index (χ4n) is 2.10. The number of hydrazine groups is 1. The Kier molecular flexibility index (Phi) is 4.96. The van der Waals surface area contributed by atoms with Gasteiger partial charge in [-0.05, 0) is 29.8 Å². The quantitative estimate of drug-likeness (QED) is 0.496. The highest BCUT2D eigenvalue weighted by Crippen LogP contribution is 2.33. The van der Waals surface area contributed by atoms with E-state index in [1.165, 1.54) is 29.8 Å². The number of thiophene rings is 1. The zero-order valence-corrected chi connectivity index (χ0v) is 13.9. The average Bonchev–Trinajstić information content (AvgIpc) is 3.28. The number of anilines is 1. The van der Waals surface area contributed by atoms with Crippen LogP contribution in [0.4, 0.5) is 5.00 Å². The van der Waals surface area contributed by atoms with Crippen molar-refractivity contribution >= 4 is 34.2 Å². The first-order chi connectivity index (χ1) is 12.1. The second-order valence-corrected chi connectivity index (χ2v) is 6.13. The Labute approximate surface area is 147 Å². The number of furan rings is 1. The van der Waals surface area contributed by atoms with Crippen molar-refractivity contribution in [2.24, 2.45) is 0 Å². The van der Waals surface area contributed by atoms with Gasteiger partial charge in [0.15, 0.2) is 0 Å². The van der Waals surface area contributed by atoms with Crippen molar-refractivity contribution in [3.8, 4) is 10.4 Å². The van der Waals surface area contributed by atoms with E-state index in [1.807, 2.05) is 30.3 Å². The Bertz CT molecular complexity index is 899. The number of carbonyl (C=O) groups is 2. The lowest BCUT2D eigenvalue weighted by atomic mass is 10.1. The maximum atomic E-state index is 12.2. The number of rotatable bonds is 4. The highest BCUT2D eigenvalue weighted by Gasteiger charge is 2.15. The number of hydrogen-bond acceptors (Lipinski definition) is 5. The third-order valence-electron chi connectivity index (χ3n) is 3.31. The molecule has 7 heteroatoms. The largest absolute Gasteiger partial charge is 0.465 e. The van der Waals surface area contributed by atoms with Gasteiger partial charge in [-0.1, -0.05) is 30.3 Å². The van der Waals surface area contributed by atoms with Crippen LogP contribution in [0.1, 0.15) is 16.1 Å². The SMILES string of the molecule is Nc1sc(-c2ccccc2)cc1C(=O)NNC(=O)C=Cc1ccco1. The van der Waals surface area contributed by atoms with Gasteiger partial charge in [0.05, 0.1) is 16.8 Å². The Hall–Kier alpha value is -3.32. The van der Waals surface area contributed by atoms with Gasteiger partial charge in [-0.3, -0.25) is 20.4 Å². The molecule has 0 aliphatic rings. The summed E-state index contributed by atoms with van der Waals surface area (Å²) < 4.78 is 5.07. The predicted octanol–water partition coefficient (Wildman–Crippen LogP) is 3.06. The monoisotopic (exact) mass is 353 g/mol. The van der Waals surface area contributed by atoms with E-state index in [0.29, 0.717) is 16.3 Å². The standard InChI is InChI=1S/C18H15N3O3S/c19-17-14(11-15(25-17)12-5-2-1-3-6-12)18(23)21-20-16(22)9-8-13-7-4-10-24-13/h1-11H,19H2,(H,20,22)(H,21,23). The molecule has 0 saturated heterocycles. The predicted molar refractivity (Wildman–Crippen MR) is 97.5 cm³/mol. The van der Waals surface area contributed by atoms with Gasteiger partial charge in [0.25, 0.3) is 11.8 Å². The number of benzene rings is 1. The van der Waals surface area contributed by atoms with Crippen LogP contribution in [0.5, 0.6) is 0 Å². The first-order valence-electron chi connectivity index (χ1n) is 7.40. The molecular formula is C18H15N3O3S. The Morgan fingerprint density at radius 3 is 2.60 bits per heavy atom. The zero-order chi connectivity index (χ0) is 17.6. The molecule has 3 rings (SSSR count). The summed E-state index contributed by atoms with van der Waals surface area (Å²) in [6.45, 7) is 0. The molecule has 0 saturated carbocycles. The number of nitrogens with one attached hydrogen (secondary N) is 2. The summed E-state index contributed by atoms with van der Waals surface area (Å²) >= 11 is 1.32. The van der Waals surface area contributed by atoms with Crippen LogP contribution in [-0.2, 0) is 4.79 Å². The third kappa shape index (κ3) is 4.15. The van der Waals surface area contributed by atoms with Gasteiger partial charge in [-0.15, -0.1) is 11.3 Å². The molecule has 3 aromatic rings. The molecule has 2 heterocycles. The lowest BCUT2D eigenvalue weighted by Crippen LogP contribution is -2.40. The maximum absolute atomic E-state index is 12.2. The molecular weight excluding hydrogens is 338 g/mol. The lowest BCUT2D eigenvalue weighted by molar-refractivity contribution is -0.117. The van der Waals surface area contributed by atoms with Crippen molar-refractivity contribution < 1.29 is 14.0 Å². The second kappa shape index (κ2) is 7.50. The smallest absolute Gasteiger partial charge is 0.272 e. The molecule has 0 aliphatic carbocycles. The molecule has 6 nitrogen and oxygen atoms in total. The van der Waals surface area contributed by atoms with Crippen LogP contribution < -0.4 is 16.6 Å². The van der Waals surface area contributed by atoms with Gasteiger partial charge in [0.2, 0.25) is 0 Å². The summed E-state index contributed by atoms with van der Waals surface area (Å²) in [6, 6.07) is 14.7. The van der Waals surface area contributed by atoms with E-state index in [0.717, 1.165) is 10.4 Å². The van der Waals surface area contributed by atoms with E-state index >= 15 is 0 Å². The van der Waals surface area contributed by atoms with Gasteiger partial charge >= 0.3 is 0 Å². The van der Waals surface area contributed by atoms with Crippen LogP contribution in [-0.4, -0.2) is 11.8 Å². The first kappa shape index (κ1) is 16.5. The lowest BCUT2D eigenvalue weighted by Gasteiger charge is -2.04. The van der Waals surface area contributed by atoms with Gasteiger partial charge in [0, 0.05) is 11.0 Å². The summed E-state index contributed by atoms with van der Waals surface area (Å²) in [5.74, 6) is -0.423. The number of carbonyl (C=O) groups excluding carboxylic acids is 2. The summed E-state index contributed by atoms with van der Waals surface area (Å²) in [5, 5.41) is 0.386. The minimum atomic E-state index is -0.484. The van der Waals surface area contributed by atoms with Crippen LogP contribution in [0, 0.1) is 0 Å². The van der Waals surface area contributed by atoms with E-state index in [2.05, 4.69) is 10.9 Å². The first-order valence-corrected chi connectivity index (χ1v) is 8.22. The molecule has 0 aliphatic heterocycles. The molecule has 2 amide bonds. The van der Waals surface area contributed by atoms with Crippen LogP contribution in [0.15, 0.2) is 65.3 Å². The van der Waals surface area contributed by atoms with Crippen molar-refractivity contribution in [1.82, 2.24) is 10.9 Å². The molecule has 0 radical (unpaired) electrons. The summed E-state index contributed by atoms with van der Waals surface area (Å²) in [5.41, 5.74) is 11.9. The van der Waals surface area contributed by atoms with Crippen LogP contribution in [0.2, 0.25) is 0 Å². The van der Waals surface area contributed by atoms with E-state index in [4.69, 9.17) is 10.2 Å². The van der Waals surface area contributed by atoms with Crippen molar-refractivity contribution in [3.05, 3.63) is 72.2 Å². The maximum Gasteiger partial charge on any atom is 0.272 e. The minimum absolute atomic E-state index is 0.319. The summed E-state index contributed by atoms with van der Waals surface area (Å²) in [7, 11) is 0. The van der Waals surface area contributed by atoms with Crippen LogP contribution in [0.3, 0.4) is 0 Å². The zero-order valence-electron chi connectivity index (χ0n) is 13.1. The fourth-order valence-corrected chi connectivity index (χ4v) is 3.03. The summed E-state index contributed by atoms with van der Waals surface area (Å²) in [4.78, 5) is 24.8. The number of hydrogen-bond donors (Lipinski definition) is 3. The van der Waals surface area contributed by atoms with Crippen molar-refractivity contribution in [2.75, 3.05) is 5.73 Å². The van der Waals surface area contributed by atoms with Crippen molar-refractivity contribution in [3.63, 3.8) is 0 Å². The fraction of sp³-hybridized carbons (Fsp3) is 0. The van der Waals surface area contributed by atoms with E-state index in [9.17, 15) is 9.59 Å². The van der Waals surface area contributed by atoms with Gasteiger partial charge in [-0.2, -0.15) is 0 Å². The average molecular weight is 353 g/mol. The normalized spacial score (nSPS) is 10.7. The molecule has 0 atom stereocenters. The highest BCUT2D eigenvalue weighted by molar-refractivity contribution is 7.19. The third-order valence-corrected chi connectivity index (χ3v) is 4.32. The Morgan fingerprint density at radius 2 is 1.88 bits per heavy atom. The Morgan fingerprint density at radius 1 is 1.08 bits per heavy atom. The van der Waals surface area contributed by atoms with E-state index < -0.39 is 11.8 Å². The molecule has 0 fully saturated rings. The molecule has 2 aromatic heterocycles. The van der Waals surface area contributed by atoms with Crippen LogP contribution in [0.25, 0.3) is 16.5 Å². The molecule has 126 valence electrons. The van der Waals surface area contributed by atoms with Gasteiger partial charge < -0.3 is 10.2 Å². The number of nitrogens with two attached hydrogens (primary N) is 1. The number of nitrogen functional groups attached to an aromatic ring is 1. The Balaban J connectivity index is 1.62. The van der Waals surface area contributed by atoms with Crippen molar-refractivity contribution in [2.45, 2.75) is 0 Å². The van der Waals surface area contributed by atoms with Gasteiger partial charge in [0.1, 0.15) is 5.76 Å². The highest BCUT2D eigenvalue weighted by atomic mass is 32.1. The van der Waals surface area contributed by atoms with E-state index in [1.54, 1.807) is 18.2 Å². The molecule has 1 aromatic carbocycles. The molecule has 0 bridgehead atoms. The molecule has 0 unspecified atom stereocenters.